The number of aliphatic hydroxyl groups is 1. The molecular weight excluding hydrogens is 612 g/mol. The van der Waals surface area contributed by atoms with Crippen molar-refractivity contribution in [3.8, 4) is 5.75 Å². The van der Waals surface area contributed by atoms with Gasteiger partial charge in [-0.15, -0.1) is 0 Å². The Balaban J connectivity index is 1.66. The number of fused-ring (bicyclic) bond motifs is 1. The number of aliphatic hydroxyl groups excluding tert-OH is 1. The van der Waals surface area contributed by atoms with Gasteiger partial charge in [-0.25, -0.2) is 4.98 Å². The van der Waals surface area contributed by atoms with Gasteiger partial charge in [-0.05, 0) is 63.4 Å². The van der Waals surface area contributed by atoms with Crippen LogP contribution in [-0.2, 0) is 21.8 Å². The number of nitrogens with zero attached hydrogens (tertiary/aromatic N) is 5. The van der Waals surface area contributed by atoms with Crippen LogP contribution in [0, 0.1) is 5.92 Å². The normalized spacial score (nSPS) is 20.6. The van der Waals surface area contributed by atoms with Crippen LogP contribution in [0.2, 0.25) is 0 Å². The first-order chi connectivity index (χ1) is 21.9. The Morgan fingerprint density at radius 2 is 1.93 bits per heavy atom. The number of imidazole rings is 1. The molecule has 13 nitrogen and oxygen atoms in total. The van der Waals surface area contributed by atoms with Gasteiger partial charge in [-0.3, -0.25) is 19.3 Å². The number of amides is 2. The predicted molar refractivity (Wildman–Crippen MR) is 172 cm³/mol. The zero-order valence-corrected chi connectivity index (χ0v) is 27.8. The van der Waals surface area contributed by atoms with Gasteiger partial charge in [-0.2, -0.15) is 8.42 Å². The number of aryl methyl sites for hydroxylation is 1. The summed E-state index contributed by atoms with van der Waals surface area (Å²) >= 11 is 0. The van der Waals surface area contributed by atoms with Gasteiger partial charge in [0.1, 0.15) is 5.75 Å². The molecule has 4 atom stereocenters. The summed E-state index contributed by atoms with van der Waals surface area (Å²) in [6.45, 7) is 6.25. The standard InChI is InChI=1S/C32H44N6O7S/c1-22-17-38(23(2)20-39)32(41)27-16-26(35-46(42,43)30-19-36(4)21-34-30)9-10-28(27)45-24(3)8-6-7-15-44-29(22)18-37(5)31(40)25-11-13-33-14-12-25/h9-14,16,19,21-24,29,35,39H,6-8,15,17-18,20H2,1-5H3/t22-,23-,24+,29-/m0/s1. The molecular formula is C32H44N6O7S. The number of rotatable bonds is 8. The lowest BCUT2D eigenvalue weighted by Crippen LogP contribution is -2.48. The second-order valence-electron chi connectivity index (χ2n) is 11.9. The van der Waals surface area contributed by atoms with E-state index in [1.807, 2.05) is 13.8 Å². The maximum absolute atomic E-state index is 14.3. The molecule has 0 fully saturated rings. The molecule has 14 heteroatoms. The molecule has 1 aromatic carbocycles. The highest BCUT2D eigenvalue weighted by molar-refractivity contribution is 7.92. The van der Waals surface area contributed by atoms with Crippen molar-refractivity contribution in [1.82, 2.24) is 24.3 Å². The van der Waals surface area contributed by atoms with Crippen molar-refractivity contribution in [3.63, 3.8) is 0 Å². The van der Waals surface area contributed by atoms with E-state index in [1.165, 1.54) is 23.2 Å². The number of aromatic nitrogens is 3. The lowest BCUT2D eigenvalue weighted by atomic mass is 10.0. The topological polar surface area (TPSA) is 156 Å². The minimum absolute atomic E-state index is 0.153. The van der Waals surface area contributed by atoms with Crippen LogP contribution in [-0.4, -0.2) is 101 Å². The third kappa shape index (κ3) is 8.83. The van der Waals surface area contributed by atoms with E-state index >= 15 is 0 Å². The second kappa shape index (κ2) is 15.5. The predicted octanol–water partition coefficient (Wildman–Crippen LogP) is 3.18. The smallest absolute Gasteiger partial charge is 0.280 e. The molecule has 1 aliphatic rings. The minimum Gasteiger partial charge on any atom is -0.490 e. The van der Waals surface area contributed by atoms with Crippen molar-refractivity contribution >= 4 is 27.5 Å². The number of sulfonamides is 1. The average Bonchev–Trinajstić information content (AvgIpc) is 3.49. The first-order valence-electron chi connectivity index (χ1n) is 15.4. The molecule has 0 aliphatic carbocycles. The van der Waals surface area contributed by atoms with E-state index in [-0.39, 0.29) is 53.9 Å². The lowest BCUT2D eigenvalue weighted by molar-refractivity contribution is -0.0149. The van der Waals surface area contributed by atoms with E-state index in [9.17, 15) is 23.1 Å². The zero-order valence-electron chi connectivity index (χ0n) is 27.0. The summed E-state index contributed by atoms with van der Waals surface area (Å²) in [6, 6.07) is 7.32. The number of pyridine rings is 1. The molecule has 0 radical (unpaired) electrons. The summed E-state index contributed by atoms with van der Waals surface area (Å²) in [6.07, 6.45) is 7.53. The number of hydrogen-bond donors (Lipinski definition) is 2. The highest BCUT2D eigenvalue weighted by atomic mass is 32.2. The third-order valence-corrected chi connectivity index (χ3v) is 9.25. The van der Waals surface area contributed by atoms with E-state index < -0.39 is 28.1 Å². The van der Waals surface area contributed by atoms with Crippen LogP contribution in [0.25, 0.3) is 0 Å². The molecule has 0 bridgehead atoms. The minimum atomic E-state index is -4.03. The summed E-state index contributed by atoms with van der Waals surface area (Å²) in [7, 11) is -0.645. The number of ether oxygens (including phenoxy) is 2. The van der Waals surface area contributed by atoms with Crippen LogP contribution in [0.15, 0.2) is 60.3 Å². The molecule has 3 aromatic rings. The molecule has 3 heterocycles. The fourth-order valence-electron chi connectivity index (χ4n) is 5.25. The Kier molecular flexibility index (Phi) is 11.8. The first-order valence-corrected chi connectivity index (χ1v) is 16.9. The maximum Gasteiger partial charge on any atom is 0.280 e. The van der Waals surface area contributed by atoms with Gasteiger partial charge >= 0.3 is 0 Å². The van der Waals surface area contributed by atoms with Crippen LogP contribution in [0.1, 0.15) is 60.7 Å². The van der Waals surface area contributed by atoms with Crippen molar-refractivity contribution < 1.29 is 32.6 Å². The monoisotopic (exact) mass is 656 g/mol. The molecule has 0 unspecified atom stereocenters. The Morgan fingerprint density at radius 3 is 2.61 bits per heavy atom. The summed E-state index contributed by atoms with van der Waals surface area (Å²) in [4.78, 5) is 38.5. The van der Waals surface area contributed by atoms with Gasteiger partial charge in [0, 0.05) is 69.6 Å². The molecule has 0 saturated heterocycles. The van der Waals surface area contributed by atoms with Crippen LogP contribution >= 0.6 is 0 Å². The van der Waals surface area contributed by atoms with E-state index in [2.05, 4.69) is 14.7 Å². The summed E-state index contributed by atoms with van der Waals surface area (Å²) in [5.41, 5.74) is 0.828. The van der Waals surface area contributed by atoms with Gasteiger partial charge in [0.2, 0.25) is 0 Å². The number of hydrogen-bond acceptors (Lipinski definition) is 9. The molecule has 0 spiro atoms. The molecule has 250 valence electrons. The number of anilines is 1. The summed E-state index contributed by atoms with van der Waals surface area (Å²) in [5.74, 6) is -0.544. The average molecular weight is 657 g/mol. The van der Waals surface area contributed by atoms with Gasteiger partial charge in [0.25, 0.3) is 21.8 Å². The van der Waals surface area contributed by atoms with Crippen molar-refractivity contribution in [2.45, 2.75) is 63.3 Å². The van der Waals surface area contributed by atoms with Gasteiger partial charge in [0.05, 0.1) is 36.7 Å². The highest BCUT2D eigenvalue weighted by Crippen LogP contribution is 2.29. The number of benzene rings is 1. The Hall–Kier alpha value is -4.01. The van der Waals surface area contributed by atoms with Crippen LogP contribution in [0.3, 0.4) is 0 Å². The Labute approximate surface area is 270 Å². The molecule has 4 rings (SSSR count). The molecule has 2 aromatic heterocycles. The first kappa shape index (κ1) is 34.9. The van der Waals surface area contributed by atoms with E-state index in [1.54, 1.807) is 67.5 Å². The van der Waals surface area contributed by atoms with Crippen molar-refractivity contribution in [3.05, 3.63) is 66.4 Å². The van der Waals surface area contributed by atoms with Gasteiger partial charge in [-0.1, -0.05) is 6.92 Å². The largest absolute Gasteiger partial charge is 0.490 e. The second-order valence-corrected chi connectivity index (χ2v) is 13.5. The summed E-state index contributed by atoms with van der Waals surface area (Å²) < 4.78 is 42.7. The SMILES string of the molecule is C[C@@H]1CCCCO[C@@H](CN(C)C(=O)c2ccncc2)[C@@H](C)CN([C@@H](C)CO)C(=O)c2cc(NS(=O)(=O)c3cn(C)cn3)ccc2O1. The molecule has 0 saturated carbocycles. The lowest BCUT2D eigenvalue weighted by Gasteiger charge is -2.36. The van der Waals surface area contributed by atoms with Crippen LogP contribution in [0.4, 0.5) is 5.69 Å². The highest BCUT2D eigenvalue weighted by Gasteiger charge is 2.31. The third-order valence-electron chi connectivity index (χ3n) is 7.99. The Bertz CT molecular complexity index is 1580. The number of carbonyl (C=O) groups excluding carboxylic acids is 2. The van der Waals surface area contributed by atoms with E-state index in [0.29, 0.717) is 24.3 Å². The van der Waals surface area contributed by atoms with Gasteiger partial charge in [0.15, 0.2) is 5.03 Å². The van der Waals surface area contributed by atoms with Crippen molar-refractivity contribution in [2.24, 2.45) is 13.0 Å². The van der Waals surface area contributed by atoms with Crippen molar-refractivity contribution in [2.75, 3.05) is 38.1 Å². The van der Waals surface area contributed by atoms with Crippen molar-refractivity contribution in [1.29, 1.82) is 0 Å². The molecule has 46 heavy (non-hydrogen) atoms. The Morgan fingerprint density at radius 1 is 1.20 bits per heavy atom. The fraction of sp³-hybridized carbons (Fsp3) is 0.500. The quantitative estimate of drug-likeness (QED) is 0.372. The molecule has 1 aliphatic heterocycles. The molecule has 2 amide bonds. The fourth-order valence-corrected chi connectivity index (χ4v) is 6.28. The molecule has 2 N–H and O–H groups in total. The number of likely N-dealkylation sites (N-methyl/N-ethyl adjacent to an activating group) is 1. The van der Waals surface area contributed by atoms with Crippen LogP contribution < -0.4 is 9.46 Å². The van der Waals surface area contributed by atoms with Crippen LogP contribution in [0.5, 0.6) is 5.75 Å². The maximum atomic E-state index is 14.3. The number of carbonyl (C=O) groups is 2. The zero-order chi connectivity index (χ0) is 33.4. The number of nitrogens with one attached hydrogen (secondary N) is 1. The van der Waals surface area contributed by atoms with E-state index in [0.717, 1.165) is 12.8 Å². The van der Waals surface area contributed by atoms with Gasteiger partial charge < -0.3 is 28.9 Å². The summed E-state index contributed by atoms with van der Waals surface area (Å²) in [5, 5.41) is 10.0. The van der Waals surface area contributed by atoms with E-state index in [4.69, 9.17) is 9.47 Å².